The van der Waals surface area contributed by atoms with Crippen molar-refractivity contribution >= 4 is 5.91 Å². The zero-order valence-electron chi connectivity index (χ0n) is 12.4. The lowest BCUT2D eigenvalue weighted by molar-refractivity contribution is 0.0913. The number of carbonyl (C=O) groups excluding carboxylic acids is 1. The Labute approximate surface area is 127 Å². The molecule has 2 aromatic heterocycles. The number of aromatic nitrogens is 3. The van der Waals surface area contributed by atoms with E-state index in [1.165, 1.54) is 5.56 Å². The van der Waals surface area contributed by atoms with E-state index in [0.29, 0.717) is 12.2 Å². The van der Waals surface area contributed by atoms with Crippen LogP contribution >= 0.6 is 0 Å². The Hall–Kier alpha value is -2.89. The highest BCUT2D eigenvalue weighted by atomic mass is 16.5. The van der Waals surface area contributed by atoms with Gasteiger partial charge in [-0.15, -0.1) is 0 Å². The first-order chi connectivity index (χ1) is 10.6. The van der Waals surface area contributed by atoms with Crippen LogP contribution in [0.3, 0.4) is 0 Å². The Bertz CT molecular complexity index is 787. The van der Waals surface area contributed by atoms with Gasteiger partial charge in [0, 0.05) is 24.9 Å². The largest absolute Gasteiger partial charge is 0.350 e. The molecule has 0 fully saturated rings. The van der Waals surface area contributed by atoms with Crippen molar-refractivity contribution in [2.75, 3.05) is 0 Å². The maximum Gasteiger partial charge on any atom is 0.290 e. The van der Waals surface area contributed by atoms with Crippen LogP contribution in [0.5, 0.6) is 0 Å². The molecule has 0 aliphatic rings. The molecule has 0 spiro atoms. The number of rotatable bonds is 4. The van der Waals surface area contributed by atoms with Gasteiger partial charge >= 0.3 is 0 Å². The number of carbonyl (C=O) groups is 1. The summed E-state index contributed by atoms with van der Waals surface area (Å²) >= 11 is 0. The monoisotopic (exact) mass is 296 g/mol. The first-order valence-corrected chi connectivity index (χ1v) is 6.92. The molecule has 3 rings (SSSR count). The second-order valence-electron chi connectivity index (χ2n) is 5.07. The second-order valence-corrected chi connectivity index (χ2v) is 5.07. The molecule has 0 unspecified atom stereocenters. The Morgan fingerprint density at radius 2 is 2.05 bits per heavy atom. The molecule has 2 heterocycles. The van der Waals surface area contributed by atoms with Crippen molar-refractivity contribution < 1.29 is 9.32 Å². The van der Waals surface area contributed by atoms with Crippen LogP contribution in [0.15, 0.2) is 47.1 Å². The van der Waals surface area contributed by atoms with Crippen molar-refractivity contribution in [2.24, 2.45) is 7.05 Å². The quantitative estimate of drug-likeness (QED) is 0.802. The van der Waals surface area contributed by atoms with Gasteiger partial charge in [-0.3, -0.25) is 9.48 Å². The molecule has 22 heavy (non-hydrogen) atoms. The molecule has 112 valence electrons. The maximum absolute atomic E-state index is 12.1. The molecule has 1 amide bonds. The predicted molar refractivity (Wildman–Crippen MR) is 81.1 cm³/mol. The lowest BCUT2D eigenvalue weighted by Gasteiger charge is -2.02. The van der Waals surface area contributed by atoms with Crippen molar-refractivity contribution in [3.05, 3.63) is 59.6 Å². The lowest BCUT2D eigenvalue weighted by atomic mass is 10.1. The highest BCUT2D eigenvalue weighted by molar-refractivity contribution is 5.92. The average molecular weight is 296 g/mol. The fourth-order valence-electron chi connectivity index (χ4n) is 2.08. The second kappa shape index (κ2) is 5.85. The highest BCUT2D eigenvalue weighted by Gasteiger charge is 2.14. The maximum atomic E-state index is 12.1. The fraction of sp³-hybridized carbons (Fsp3) is 0.188. The molecule has 0 bridgehead atoms. The highest BCUT2D eigenvalue weighted by Crippen LogP contribution is 2.19. The van der Waals surface area contributed by atoms with Gasteiger partial charge in [0.25, 0.3) is 5.91 Å². The minimum absolute atomic E-state index is 0.192. The Morgan fingerprint density at radius 3 is 2.73 bits per heavy atom. The summed E-state index contributed by atoms with van der Waals surface area (Å²) in [6, 6.07) is 11.4. The molecular weight excluding hydrogens is 280 g/mol. The van der Waals surface area contributed by atoms with Crippen molar-refractivity contribution in [1.82, 2.24) is 20.3 Å². The zero-order chi connectivity index (χ0) is 15.5. The predicted octanol–water partition coefficient (Wildman–Crippen LogP) is 2.31. The third-order valence-corrected chi connectivity index (χ3v) is 3.43. The first-order valence-electron chi connectivity index (χ1n) is 6.92. The van der Waals surface area contributed by atoms with E-state index in [9.17, 15) is 4.79 Å². The third kappa shape index (κ3) is 2.90. The summed E-state index contributed by atoms with van der Waals surface area (Å²) in [7, 11) is 1.82. The lowest BCUT2D eigenvalue weighted by Crippen LogP contribution is -2.23. The van der Waals surface area contributed by atoms with Crippen LogP contribution < -0.4 is 5.32 Å². The van der Waals surface area contributed by atoms with Gasteiger partial charge in [-0.05, 0) is 13.0 Å². The average Bonchev–Trinajstić information content (AvgIpc) is 3.15. The standard InChI is InChI=1S/C16H16N4O2/c1-11-3-5-12(6-4-11)14-9-15(22-19-14)16(21)17-10-13-7-8-18-20(13)2/h3-9H,10H2,1-2H3,(H,17,21). The van der Waals surface area contributed by atoms with Crippen LogP contribution in [0.4, 0.5) is 0 Å². The molecule has 1 N–H and O–H groups in total. The topological polar surface area (TPSA) is 73.0 Å². The van der Waals surface area contributed by atoms with E-state index >= 15 is 0 Å². The van der Waals surface area contributed by atoms with Crippen LogP contribution in [0.2, 0.25) is 0 Å². The Balaban J connectivity index is 1.69. The van der Waals surface area contributed by atoms with Gasteiger partial charge in [0.1, 0.15) is 5.69 Å². The molecule has 0 aliphatic heterocycles. The van der Waals surface area contributed by atoms with Gasteiger partial charge in [0.2, 0.25) is 5.76 Å². The molecule has 1 aromatic carbocycles. The Kier molecular flexibility index (Phi) is 3.74. The van der Waals surface area contributed by atoms with Crippen molar-refractivity contribution in [1.29, 1.82) is 0 Å². The Morgan fingerprint density at radius 1 is 1.27 bits per heavy atom. The SMILES string of the molecule is Cc1ccc(-c2cc(C(=O)NCc3ccnn3C)on2)cc1. The number of hydrogen-bond donors (Lipinski definition) is 1. The van der Waals surface area contributed by atoms with Crippen molar-refractivity contribution in [3.8, 4) is 11.3 Å². The minimum atomic E-state index is -0.299. The summed E-state index contributed by atoms with van der Waals surface area (Å²) in [6.45, 7) is 2.40. The molecule has 0 radical (unpaired) electrons. The third-order valence-electron chi connectivity index (χ3n) is 3.43. The molecular formula is C16H16N4O2. The van der Waals surface area contributed by atoms with Gasteiger partial charge in [0.05, 0.1) is 12.2 Å². The molecule has 3 aromatic rings. The van der Waals surface area contributed by atoms with Crippen LogP contribution in [0.25, 0.3) is 11.3 Å². The summed E-state index contributed by atoms with van der Waals surface area (Å²) in [5.74, 6) is -0.107. The van der Waals surface area contributed by atoms with E-state index in [4.69, 9.17) is 4.52 Å². The zero-order valence-corrected chi connectivity index (χ0v) is 12.4. The van der Waals surface area contributed by atoms with E-state index in [1.807, 2.05) is 44.3 Å². The minimum Gasteiger partial charge on any atom is -0.350 e. The van der Waals surface area contributed by atoms with Gasteiger partial charge < -0.3 is 9.84 Å². The fourth-order valence-corrected chi connectivity index (χ4v) is 2.08. The van der Waals surface area contributed by atoms with Gasteiger partial charge in [-0.1, -0.05) is 35.0 Å². The van der Waals surface area contributed by atoms with Gasteiger partial charge in [-0.25, -0.2) is 0 Å². The number of hydrogen-bond acceptors (Lipinski definition) is 4. The summed E-state index contributed by atoms with van der Waals surface area (Å²) in [4.78, 5) is 12.1. The van der Waals surface area contributed by atoms with Crippen LogP contribution in [-0.4, -0.2) is 20.8 Å². The number of benzene rings is 1. The molecule has 0 aliphatic carbocycles. The van der Waals surface area contributed by atoms with Crippen molar-refractivity contribution in [2.45, 2.75) is 13.5 Å². The van der Waals surface area contributed by atoms with E-state index in [0.717, 1.165) is 11.3 Å². The van der Waals surface area contributed by atoms with Gasteiger partial charge in [0.15, 0.2) is 0 Å². The first kappa shape index (κ1) is 14.1. The number of nitrogens with zero attached hydrogens (tertiary/aromatic N) is 3. The van der Waals surface area contributed by atoms with E-state index in [2.05, 4.69) is 15.6 Å². The van der Waals surface area contributed by atoms with Crippen LogP contribution in [0, 0.1) is 6.92 Å². The summed E-state index contributed by atoms with van der Waals surface area (Å²) in [6.07, 6.45) is 1.69. The number of nitrogens with one attached hydrogen (secondary N) is 1. The normalized spacial score (nSPS) is 10.6. The summed E-state index contributed by atoms with van der Waals surface area (Å²) in [5.41, 5.74) is 3.64. The summed E-state index contributed by atoms with van der Waals surface area (Å²) in [5, 5.41) is 10.8. The van der Waals surface area contributed by atoms with E-state index < -0.39 is 0 Å². The summed E-state index contributed by atoms with van der Waals surface area (Å²) < 4.78 is 6.83. The molecule has 0 saturated heterocycles. The van der Waals surface area contributed by atoms with Crippen LogP contribution in [0.1, 0.15) is 21.8 Å². The van der Waals surface area contributed by atoms with E-state index in [1.54, 1.807) is 16.9 Å². The van der Waals surface area contributed by atoms with Gasteiger partial charge in [-0.2, -0.15) is 5.10 Å². The number of aryl methyl sites for hydroxylation is 2. The molecule has 6 nitrogen and oxygen atoms in total. The molecule has 0 saturated carbocycles. The number of amides is 1. The molecule has 0 atom stereocenters. The van der Waals surface area contributed by atoms with E-state index in [-0.39, 0.29) is 11.7 Å². The molecule has 6 heteroatoms. The smallest absolute Gasteiger partial charge is 0.290 e. The van der Waals surface area contributed by atoms with Crippen molar-refractivity contribution in [3.63, 3.8) is 0 Å². The van der Waals surface area contributed by atoms with Crippen LogP contribution in [-0.2, 0) is 13.6 Å².